The molecule has 0 aliphatic carbocycles. The van der Waals surface area contributed by atoms with Gasteiger partial charge in [0.05, 0.1) is 18.2 Å². The summed E-state index contributed by atoms with van der Waals surface area (Å²) in [5, 5.41) is 8.94. The van der Waals surface area contributed by atoms with Gasteiger partial charge in [0.1, 0.15) is 5.69 Å². The van der Waals surface area contributed by atoms with Gasteiger partial charge in [-0.1, -0.05) is 15.9 Å². The van der Waals surface area contributed by atoms with Gasteiger partial charge in [-0.3, -0.25) is 0 Å². The summed E-state index contributed by atoms with van der Waals surface area (Å²) in [4.78, 5) is 3.85. The summed E-state index contributed by atoms with van der Waals surface area (Å²) in [6, 6.07) is 3.58. The van der Waals surface area contributed by atoms with Gasteiger partial charge in [0.2, 0.25) is 0 Å². The van der Waals surface area contributed by atoms with E-state index in [1.54, 1.807) is 28.7 Å². The first kappa shape index (κ1) is 12.8. The third-order valence-electron chi connectivity index (χ3n) is 1.77. The largest absolute Gasteiger partial charge is 0.281 e. The van der Waals surface area contributed by atoms with E-state index < -0.39 is 6.43 Å². The first-order valence-corrected chi connectivity index (χ1v) is 6.19. The minimum Gasteiger partial charge on any atom is -0.250 e. The molecule has 1 aromatic rings. The molecular formula is C9H6BrF2IN2. The second-order valence-corrected chi connectivity index (χ2v) is 4.45. The molecule has 1 aromatic heterocycles. The molecule has 0 bridgehead atoms. The lowest BCUT2D eigenvalue weighted by Crippen LogP contribution is -2.03. The molecule has 6 heteroatoms. The van der Waals surface area contributed by atoms with Crippen LogP contribution in [0.15, 0.2) is 6.07 Å². The standard InChI is InChI=1S/C9H6BrF2IN2/c10-4-7-5(1-2-14)3-6(13)8(15-7)9(11)12/h3,9H,1,4H2. The van der Waals surface area contributed by atoms with Crippen LogP contribution in [0.2, 0.25) is 0 Å². The molecule has 0 atom stereocenters. The number of hydrogen-bond donors (Lipinski definition) is 0. The third-order valence-corrected chi connectivity index (χ3v) is 3.17. The Morgan fingerprint density at radius 1 is 1.60 bits per heavy atom. The van der Waals surface area contributed by atoms with Gasteiger partial charge in [-0.15, -0.1) is 0 Å². The van der Waals surface area contributed by atoms with Crippen molar-refractivity contribution in [2.75, 3.05) is 0 Å². The van der Waals surface area contributed by atoms with Gasteiger partial charge in [-0.2, -0.15) is 5.26 Å². The lowest BCUT2D eigenvalue weighted by atomic mass is 10.1. The van der Waals surface area contributed by atoms with Crippen molar-refractivity contribution in [2.24, 2.45) is 0 Å². The predicted octanol–water partition coefficient (Wildman–Crippen LogP) is 3.58. The van der Waals surface area contributed by atoms with Crippen LogP contribution in [0.5, 0.6) is 0 Å². The Morgan fingerprint density at radius 3 is 2.73 bits per heavy atom. The van der Waals surface area contributed by atoms with Crippen LogP contribution >= 0.6 is 38.5 Å². The molecule has 0 aliphatic rings. The zero-order chi connectivity index (χ0) is 11.4. The van der Waals surface area contributed by atoms with Crippen molar-refractivity contribution < 1.29 is 8.78 Å². The van der Waals surface area contributed by atoms with Crippen LogP contribution in [0.4, 0.5) is 8.78 Å². The van der Waals surface area contributed by atoms with E-state index in [0.717, 1.165) is 0 Å². The fraction of sp³-hybridized carbons (Fsp3) is 0.333. The van der Waals surface area contributed by atoms with Crippen molar-refractivity contribution in [1.82, 2.24) is 4.98 Å². The molecule has 0 radical (unpaired) electrons. The van der Waals surface area contributed by atoms with E-state index >= 15 is 0 Å². The Bertz CT molecular complexity index is 404. The topological polar surface area (TPSA) is 36.7 Å². The first-order chi connectivity index (χ1) is 7.10. The van der Waals surface area contributed by atoms with Gasteiger partial charge in [0.25, 0.3) is 6.43 Å². The van der Waals surface area contributed by atoms with Crippen LogP contribution in [-0.2, 0) is 11.8 Å². The third kappa shape index (κ3) is 3.08. The highest BCUT2D eigenvalue weighted by molar-refractivity contribution is 14.1. The lowest BCUT2D eigenvalue weighted by Gasteiger charge is -2.08. The highest BCUT2D eigenvalue weighted by Crippen LogP contribution is 2.25. The number of nitrogens with zero attached hydrogens (tertiary/aromatic N) is 2. The van der Waals surface area contributed by atoms with Crippen molar-refractivity contribution >= 4 is 38.5 Å². The van der Waals surface area contributed by atoms with Crippen LogP contribution < -0.4 is 0 Å². The molecule has 0 saturated heterocycles. The highest BCUT2D eigenvalue weighted by atomic mass is 127. The number of halogens is 4. The molecule has 0 aromatic carbocycles. The van der Waals surface area contributed by atoms with Crippen LogP contribution in [0, 0.1) is 14.9 Å². The van der Waals surface area contributed by atoms with Crippen molar-refractivity contribution in [3.05, 3.63) is 26.6 Å². The van der Waals surface area contributed by atoms with Crippen LogP contribution in [-0.4, -0.2) is 4.98 Å². The summed E-state index contributed by atoms with van der Waals surface area (Å²) < 4.78 is 25.4. The fourth-order valence-corrected chi connectivity index (χ4v) is 2.31. The molecule has 0 amide bonds. The smallest absolute Gasteiger partial charge is 0.250 e. The molecule has 2 nitrogen and oxygen atoms in total. The van der Waals surface area contributed by atoms with E-state index in [9.17, 15) is 8.78 Å². The van der Waals surface area contributed by atoms with E-state index in [1.165, 1.54) is 0 Å². The number of aromatic nitrogens is 1. The summed E-state index contributed by atoms with van der Waals surface area (Å²) in [6.07, 6.45) is -2.39. The molecule has 0 spiro atoms. The maximum Gasteiger partial charge on any atom is 0.281 e. The number of hydrogen-bond acceptors (Lipinski definition) is 2. The van der Waals surface area contributed by atoms with Crippen LogP contribution in [0.25, 0.3) is 0 Å². The summed E-state index contributed by atoms with van der Waals surface area (Å²) in [6.45, 7) is 0. The molecule has 80 valence electrons. The summed E-state index contributed by atoms with van der Waals surface area (Å²) in [5.41, 5.74) is 0.988. The van der Waals surface area contributed by atoms with Crippen molar-refractivity contribution in [3.8, 4) is 6.07 Å². The molecule has 0 fully saturated rings. The Morgan fingerprint density at radius 2 is 2.27 bits per heavy atom. The van der Waals surface area contributed by atoms with Gasteiger partial charge < -0.3 is 0 Å². The Balaban J connectivity index is 3.24. The lowest BCUT2D eigenvalue weighted by molar-refractivity contribution is 0.145. The highest BCUT2D eigenvalue weighted by Gasteiger charge is 2.16. The fourth-order valence-electron chi connectivity index (χ4n) is 1.09. The second kappa shape index (κ2) is 5.70. The van der Waals surface area contributed by atoms with Crippen molar-refractivity contribution in [2.45, 2.75) is 18.2 Å². The van der Waals surface area contributed by atoms with Gasteiger partial charge in [-0.25, -0.2) is 13.8 Å². The predicted molar refractivity (Wildman–Crippen MR) is 63.9 cm³/mol. The normalized spacial score (nSPS) is 10.4. The summed E-state index contributed by atoms with van der Waals surface area (Å²) in [5.74, 6) is 0. The molecule has 0 unspecified atom stereocenters. The Kier molecular flexibility index (Phi) is 4.86. The maximum absolute atomic E-state index is 12.5. The quantitative estimate of drug-likeness (QED) is 0.588. The van der Waals surface area contributed by atoms with Gasteiger partial charge >= 0.3 is 0 Å². The molecule has 15 heavy (non-hydrogen) atoms. The molecule has 1 rings (SSSR count). The minimum atomic E-state index is -2.58. The van der Waals surface area contributed by atoms with Gasteiger partial charge in [0.15, 0.2) is 0 Å². The van der Waals surface area contributed by atoms with Crippen LogP contribution in [0.3, 0.4) is 0 Å². The summed E-state index contributed by atoms with van der Waals surface area (Å²) >= 11 is 4.97. The van der Waals surface area contributed by atoms with E-state index in [1.807, 2.05) is 6.07 Å². The second-order valence-electron chi connectivity index (χ2n) is 2.73. The van der Waals surface area contributed by atoms with Crippen molar-refractivity contribution in [1.29, 1.82) is 5.26 Å². The SMILES string of the molecule is N#CCc1cc(I)c(C(F)F)nc1CBr. The average molecular weight is 387 g/mol. The van der Waals surface area contributed by atoms with Gasteiger partial charge in [0, 0.05) is 8.90 Å². The molecular weight excluding hydrogens is 381 g/mol. The maximum atomic E-state index is 12.5. The van der Waals surface area contributed by atoms with Crippen molar-refractivity contribution in [3.63, 3.8) is 0 Å². The van der Waals surface area contributed by atoms with E-state index in [0.29, 0.717) is 20.2 Å². The number of alkyl halides is 3. The van der Waals surface area contributed by atoms with E-state index in [4.69, 9.17) is 5.26 Å². The Labute approximate surface area is 108 Å². The first-order valence-electron chi connectivity index (χ1n) is 3.99. The number of pyridine rings is 1. The molecule has 1 heterocycles. The van der Waals surface area contributed by atoms with E-state index in [2.05, 4.69) is 20.9 Å². The monoisotopic (exact) mass is 386 g/mol. The zero-order valence-electron chi connectivity index (χ0n) is 7.48. The minimum absolute atomic E-state index is 0.188. The number of nitriles is 1. The zero-order valence-corrected chi connectivity index (χ0v) is 11.2. The average Bonchev–Trinajstić information content (AvgIpc) is 2.18. The molecule has 0 saturated carbocycles. The molecule has 0 N–H and O–H groups in total. The van der Waals surface area contributed by atoms with Gasteiger partial charge in [-0.05, 0) is 34.2 Å². The summed E-state index contributed by atoms with van der Waals surface area (Å²) in [7, 11) is 0. The number of rotatable bonds is 3. The molecule has 0 aliphatic heterocycles. The Hall–Kier alpha value is -0.290. The van der Waals surface area contributed by atoms with Crippen LogP contribution in [0.1, 0.15) is 23.4 Å². The van der Waals surface area contributed by atoms with E-state index in [-0.39, 0.29) is 12.1 Å².